The van der Waals surface area contributed by atoms with Crippen molar-refractivity contribution >= 4 is 5.97 Å². The SMILES string of the molecule is COC(=O)c1occc1CNCCCN(C)C. The van der Waals surface area contributed by atoms with Crippen LogP contribution >= 0.6 is 0 Å². The van der Waals surface area contributed by atoms with Crippen molar-refractivity contribution < 1.29 is 13.9 Å². The lowest BCUT2D eigenvalue weighted by Crippen LogP contribution is -2.21. The summed E-state index contributed by atoms with van der Waals surface area (Å²) in [6.45, 7) is 2.57. The topological polar surface area (TPSA) is 54.7 Å². The van der Waals surface area contributed by atoms with E-state index in [2.05, 4.69) is 15.0 Å². The molecule has 0 saturated carbocycles. The Balaban J connectivity index is 2.32. The summed E-state index contributed by atoms with van der Waals surface area (Å²) in [5.74, 6) is -0.146. The molecule has 1 N–H and O–H groups in total. The Bertz CT molecular complexity index is 347. The third kappa shape index (κ3) is 4.58. The van der Waals surface area contributed by atoms with Crippen molar-refractivity contribution in [2.45, 2.75) is 13.0 Å². The Kier molecular flexibility index (Phi) is 5.72. The van der Waals surface area contributed by atoms with E-state index in [1.807, 2.05) is 14.1 Å². The average molecular weight is 240 g/mol. The molecule has 0 aliphatic rings. The van der Waals surface area contributed by atoms with Gasteiger partial charge in [0.15, 0.2) is 0 Å². The minimum Gasteiger partial charge on any atom is -0.463 e. The fourth-order valence-corrected chi connectivity index (χ4v) is 1.49. The zero-order valence-corrected chi connectivity index (χ0v) is 10.7. The maximum atomic E-state index is 11.3. The standard InChI is InChI=1S/C12H20N2O3/c1-14(2)7-4-6-13-9-10-5-8-17-11(10)12(15)16-3/h5,8,13H,4,6-7,9H2,1-3H3. The van der Waals surface area contributed by atoms with Gasteiger partial charge in [0, 0.05) is 12.1 Å². The van der Waals surface area contributed by atoms with Gasteiger partial charge in [0.2, 0.25) is 5.76 Å². The average Bonchev–Trinajstić information content (AvgIpc) is 2.75. The number of carbonyl (C=O) groups excluding carboxylic acids is 1. The van der Waals surface area contributed by atoms with E-state index in [9.17, 15) is 4.79 Å². The first kappa shape index (κ1) is 13.7. The van der Waals surface area contributed by atoms with Crippen LogP contribution in [0.25, 0.3) is 0 Å². The molecule has 0 aromatic carbocycles. The predicted octanol–water partition coefficient (Wildman–Crippen LogP) is 1.11. The first-order valence-corrected chi connectivity index (χ1v) is 5.65. The maximum Gasteiger partial charge on any atom is 0.374 e. The molecule has 0 fully saturated rings. The summed E-state index contributed by atoms with van der Waals surface area (Å²) in [5, 5.41) is 3.27. The van der Waals surface area contributed by atoms with E-state index >= 15 is 0 Å². The van der Waals surface area contributed by atoms with Crippen LogP contribution in [0.5, 0.6) is 0 Å². The van der Waals surface area contributed by atoms with E-state index in [0.29, 0.717) is 6.54 Å². The van der Waals surface area contributed by atoms with Crippen molar-refractivity contribution in [3.63, 3.8) is 0 Å². The van der Waals surface area contributed by atoms with Crippen LogP contribution in [-0.4, -0.2) is 45.2 Å². The first-order valence-electron chi connectivity index (χ1n) is 5.65. The lowest BCUT2D eigenvalue weighted by molar-refractivity contribution is 0.0563. The van der Waals surface area contributed by atoms with Crippen LogP contribution in [-0.2, 0) is 11.3 Å². The number of hydrogen-bond donors (Lipinski definition) is 1. The molecule has 0 amide bonds. The largest absolute Gasteiger partial charge is 0.463 e. The van der Waals surface area contributed by atoms with Crippen LogP contribution in [0.4, 0.5) is 0 Å². The summed E-state index contributed by atoms with van der Waals surface area (Å²) in [4.78, 5) is 13.5. The van der Waals surface area contributed by atoms with Gasteiger partial charge in [-0.3, -0.25) is 0 Å². The normalized spacial score (nSPS) is 10.8. The number of furan rings is 1. The third-order valence-electron chi connectivity index (χ3n) is 2.39. The molecule has 96 valence electrons. The van der Waals surface area contributed by atoms with Crippen LogP contribution in [0.1, 0.15) is 22.5 Å². The molecular weight excluding hydrogens is 220 g/mol. The number of nitrogens with one attached hydrogen (secondary N) is 1. The highest BCUT2D eigenvalue weighted by atomic mass is 16.5. The van der Waals surface area contributed by atoms with Gasteiger partial charge in [0.25, 0.3) is 0 Å². The molecule has 0 saturated heterocycles. The van der Waals surface area contributed by atoms with Crippen molar-refractivity contribution in [2.24, 2.45) is 0 Å². The van der Waals surface area contributed by atoms with Crippen LogP contribution in [0.2, 0.25) is 0 Å². The quantitative estimate of drug-likeness (QED) is 0.571. The lowest BCUT2D eigenvalue weighted by Gasteiger charge is -2.09. The number of nitrogens with zero attached hydrogens (tertiary/aromatic N) is 1. The molecule has 1 aromatic rings. The zero-order valence-electron chi connectivity index (χ0n) is 10.7. The van der Waals surface area contributed by atoms with Gasteiger partial charge in [-0.2, -0.15) is 0 Å². The highest BCUT2D eigenvalue weighted by molar-refractivity contribution is 5.87. The van der Waals surface area contributed by atoms with Crippen LogP contribution in [0.15, 0.2) is 16.7 Å². The number of methoxy groups -OCH3 is 1. The van der Waals surface area contributed by atoms with Crippen molar-refractivity contribution in [3.8, 4) is 0 Å². The van der Waals surface area contributed by atoms with E-state index < -0.39 is 5.97 Å². The summed E-state index contributed by atoms with van der Waals surface area (Å²) >= 11 is 0. The third-order valence-corrected chi connectivity index (χ3v) is 2.39. The summed E-state index contributed by atoms with van der Waals surface area (Å²) in [5.41, 5.74) is 0.835. The smallest absolute Gasteiger partial charge is 0.374 e. The molecular formula is C12H20N2O3. The minimum absolute atomic E-state index is 0.285. The highest BCUT2D eigenvalue weighted by Gasteiger charge is 2.14. The number of hydrogen-bond acceptors (Lipinski definition) is 5. The van der Waals surface area contributed by atoms with Crippen molar-refractivity contribution in [1.29, 1.82) is 0 Å². The van der Waals surface area contributed by atoms with Gasteiger partial charge >= 0.3 is 5.97 Å². The fraction of sp³-hybridized carbons (Fsp3) is 0.583. The number of rotatable bonds is 7. The van der Waals surface area contributed by atoms with Crippen LogP contribution in [0.3, 0.4) is 0 Å². The molecule has 1 aromatic heterocycles. The second-order valence-electron chi connectivity index (χ2n) is 4.10. The Morgan fingerprint density at radius 3 is 2.94 bits per heavy atom. The summed E-state index contributed by atoms with van der Waals surface area (Å²) in [6, 6.07) is 1.78. The van der Waals surface area contributed by atoms with Crippen molar-refractivity contribution in [1.82, 2.24) is 10.2 Å². The number of esters is 1. The molecule has 17 heavy (non-hydrogen) atoms. The van der Waals surface area contributed by atoms with Gasteiger partial charge in [-0.05, 0) is 39.7 Å². The zero-order chi connectivity index (χ0) is 12.7. The number of ether oxygens (including phenoxy) is 1. The van der Waals surface area contributed by atoms with Gasteiger partial charge in [-0.15, -0.1) is 0 Å². The molecule has 0 aliphatic carbocycles. The molecule has 5 heteroatoms. The molecule has 1 rings (SSSR count). The molecule has 1 heterocycles. The number of carbonyl (C=O) groups is 1. The first-order chi connectivity index (χ1) is 8.15. The molecule has 0 bridgehead atoms. The summed E-state index contributed by atoms with van der Waals surface area (Å²) in [7, 11) is 5.44. The summed E-state index contributed by atoms with van der Waals surface area (Å²) in [6.07, 6.45) is 2.57. The van der Waals surface area contributed by atoms with Crippen molar-refractivity contribution in [2.75, 3.05) is 34.3 Å². The van der Waals surface area contributed by atoms with E-state index in [1.165, 1.54) is 13.4 Å². The second kappa shape index (κ2) is 7.09. The van der Waals surface area contributed by atoms with Gasteiger partial charge in [0.1, 0.15) is 0 Å². The molecule has 0 atom stereocenters. The molecule has 0 unspecified atom stereocenters. The maximum absolute atomic E-state index is 11.3. The Morgan fingerprint density at radius 2 is 2.29 bits per heavy atom. The van der Waals surface area contributed by atoms with E-state index in [4.69, 9.17) is 4.42 Å². The predicted molar refractivity (Wildman–Crippen MR) is 64.9 cm³/mol. The minimum atomic E-state index is -0.430. The van der Waals surface area contributed by atoms with Gasteiger partial charge < -0.3 is 19.4 Å². The molecule has 5 nitrogen and oxygen atoms in total. The monoisotopic (exact) mass is 240 g/mol. The molecule has 0 aliphatic heterocycles. The van der Waals surface area contributed by atoms with Crippen LogP contribution in [0, 0.1) is 0 Å². The van der Waals surface area contributed by atoms with Crippen LogP contribution < -0.4 is 5.32 Å². The Labute approximate surface area is 102 Å². The van der Waals surface area contributed by atoms with E-state index in [1.54, 1.807) is 6.07 Å². The van der Waals surface area contributed by atoms with Gasteiger partial charge in [-0.25, -0.2) is 4.79 Å². The fourth-order valence-electron chi connectivity index (χ4n) is 1.49. The van der Waals surface area contributed by atoms with Gasteiger partial charge in [-0.1, -0.05) is 0 Å². The molecule has 0 radical (unpaired) electrons. The summed E-state index contributed by atoms with van der Waals surface area (Å²) < 4.78 is 9.72. The lowest BCUT2D eigenvalue weighted by atomic mass is 10.2. The van der Waals surface area contributed by atoms with E-state index in [0.717, 1.165) is 25.1 Å². The highest BCUT2D eigenvalue weighted by Crippen LogP contribution is 2.11. The second-order valence-corrected chi connectivity index (χ2v) is 4.10. The Morgan fingerprint density at radius 1 is 1.53 bits per heavy atom. The van der Waals surface area contributed by atoms with Crippen molar-refractivity contribution in [3.05, 3.63) is 23.7 Å². The Hall–Kier alpha value is -1.33. The van der Waals surface area contributed by atoms with Gasteiger partial charge in [0.05, 0.1) is 13.4 Å². The molecule has 0 spiro atoms. The van der Waals surface area contributed by atoms with E-state index in [-0.39, 0.29) is 5.76 Å².